The molecule has 0 saturated carbocycles. The van der Waals surface area contributed by atoms with Gasteiger partial charge in [-0.3, -0.25) is 5.41 Å². The zero-order valence-corrected chi connectivity index (χ0v) is 31.1. The Labute approximate surface area is 284 Å². The van der Waals surface area contributed by atoms with E-state index in [0.29, 0.717) is 0 Å². The Hall–Kier alpha value is -3.19. The highest BCUT2D eigenvalue weighted by Crippen LogP contribution is 2.47. The normalized spacial score (nSPS) is 20.1. The van der Waals surface area contributed by atoms with Gasteiger partial charge in [-0.25, -0.2) is 0 Å². The summed E-state index contributed by atoms with van der Waals surface area (Å²) in [6, 6.07) is 8.39. The number of rotatable bonds is 10. The second-order valence-electron chi connectivity index (χ2n) is 16.8. The summed E-state index contributed by atoms with van der Waals surface area (Å²) in [7, 11) is 0. The number of aryl methyl sites for hydroxylation is 2. The summed E-state index contributed by atoms with van der Waals surface area (Å²) in [5, 5.41) is 8.54. The molecular weight excluding hydrogens is 582 g/mol. The predicted molar refractivity (Wildman–Crippen MR) is 194 cm³/mol. The summed E-state index contributed by atoms with van der Waals surface area (Å²) in [6.45, 7) is 27.0. The van der Waals surface area contributed by atoms with Crippen LogP contribution in [0.3, 0.4) is 0 Å². The van der Waals surface area contributed by atoms with Crippen molar-refractivity contribution in [2.75, 3.05) is 19.6 Å². The van der Waals surface area contributed by atoms with E-state index in [1.165, 1.54) is 22.3 Å². The zero-order valence-electron chi connectivity index (χ0n) is 31.1. The van der Waals surface area contributed by atoms with Crippen LogP contribution in [0.2, 0.25) is 0 Å². The van der Waals surface area contributed by atoms with Gasteiger partial charge in [-0.05, 0) is 87.0 Å². The highest BCUT2D eigenvalue weighted by Gasteiger charge is 2.75. The molecule has 3 N–H and O–H groups in total. The maximum absolute atomic E-state index is 8.54. The molecule has 47 heavy (non-hydrogen) atoms. The number of nitrogens with two attached hydrogens (primary N) is 1. The summed E-state index contributed by atoms with van der Waals surface area (Å²) in [6.07, 6.45) is 10.3. The quantitative estimate of drug-likeness (QED) is 0.161. The van der Waals surface area contributed by atoms with E-state index in [-0.39, 0.29) is 22.4 Å². The van der Waals surface area contributed by atoms with Crippen molar-refractivity contribution in [3.8, 4) is 11.5 Å². The van der Waals surface area contributed by atoms with Crippen molar-refractivity contribution in [3.63, 3.8) is 0 Å². The molecule has 256 valence electrons. The Kier molecular flexibility index (Phi) is 9.48. The van der Waals surface area contributed by atoms with Crippen LogP contribution in [0.25, 0.3) is 0 Å². The Morgan fingerprint density at radius 2 is 1.38 bits per heavy atom. The SMILES string of the molecule is CCN(CC)C(=N)CCCc1cc2c(c(C(C)(C)C)c1)OC13Oc4c(cc(CCCC(C)N)cc4C(C)(C)C)C=[N+]1CC(C)(C)[N+]3=C2. The number of hydrogen-bond acceptors (Lipinski definition) is 4. The summed E-state index contributed by atoms with van der Waals surface area (Å²) in [4.78, 5) is 2.14. The molecule has 0 aliphatic carbocycles. The van der Waals surface area contributed by atoms with Gasteiger partial charge in [0.1, 0.15) is 0 Å². The van der Waals surface area contributed by atoms with E-state index in [0.717, 1.165) is 86.6 Å². The average molecular weight is 644 g/mol. The van der Waals surface area contributed by atoms with Gasteiger partial charge in [0.2, 0.25) is 12.1 Å². The fourth-order valence-corrected chi connectivity index (χ4v) is 7.41. The van der Waals surface area contributed by atoms with Crippen LogP contribution in [-0.4, -0.2) is 69.6 Å². The van der Waals surface area contributed by atoms with Gasteiger partial charge in [0, 0.05) is 50.5 Å². The minimum atomic E-state index is -1.11. The molecule has 5 rings (SSSR count). The van der Waals surface area contributed by atoms with E-state index in [9.17, 15) is 0 Å². The molecule has 1 spiro atoms. The summed E-state index contributed by atoms with van der Waals surface area (Å²) >= 11 is 0. The van der Waals surface area contributed by atoms with Crippen LogP contribution in [0.15, 0.2) is 24.3 Å². The van der Waals surface area contributed by atoms with Crippen molar-refractivity contribution in [1.82, 2.24) is 4.90 Å². The highest BCUT2D eigenvalue weighted by atomic mass is 16.7. The maximum atomic E-state index is 8.54. The Morgan fingerprint density at radius 1 is 0.872 bits per heavy atom. The minimum Gasteiger partial charge on any atom is -0.361 e. The third kappa shape index (κ3) is 6.88. The van der Waals surface area contributed by atoms with E-state index >= 15 is 0 Å². The number of ether oxygens (including phenoxy) is 2. The van der Waals surface area contributed by atoms with Crippen LogP contribution in [0.1, 0.15) is 135 Å². The molecule has 2 atom stereocenters. The number of nitrogens with one attached hydrogen (secondary N) is 1. The van der Waals surface area contributed by atoms with Gasteiger partial charge in [0.25, 0.3) is 0 Å². The standard InChI is InChI=1S/C40H61N5O2/c1-12-43(13-2)34(42)19-15-18-29-21-31-25-45-39(10,11)26-44-24-30-20-28(17-14-16-27(3)41)22-32(37(4,5)6)35(30)46-40(44,45)47-36(31)33(23-29)38(7,8)9/h20-25,27,42H,12-19,26,41H2,1-11H3/q+2. The Morgan fingerprint density at radius 3 is 1.87 bits per heavy atom. The number of hydrogen-bond donors (Lipinski definition) is 2. The van der Waals surface area contributed by atoms with Crippen molar-refractivity contribution >= 4 is 18.3 Å². The summed E-state index contributed by atoms with van der Waals surface area (Å²) in [5.74, 6) is 2.55. The van der Waals surface area contributed by atoms with Gasteiger partial charge in [-0.2, -0.15) is 0 Å². The third-order valence-electron chi connectivity index (χ3n) is 10.0. The molecule has 1 saturated heterocycles. The molecule has 2 unspecified atom stereocenters. The van der Waals surface area contributed by atoms with Crippen molar-refractivity contribution in [3.05, 3.63) is 57.6 Å². The van der Waals surface area contributed by atoms with Gasteiger partial charge in [-0.1, -0.05) is 62.8 Å². The van der Waals surface area contributed by atoms with Gasteiger partial charge >= 0.3 is 6.03 Å². The third-order valence-corrected chi connectivity index (χ3v) is 10.0. The lowest BCUT2D eigenvalue weighted by atomic mass is 9.83. The van der Waals surface area contributed by atoms with Crippen molar-refractivity contribution in [2.24, 2.45) is 5.73 Å². The Bertz CT molecular complexity index is 1580. The predicted octanol–water partition coefficient (Wildman–Crippen LogP) is 7.34. The monoisotopic (exact) mass is 643 g/mol. The van der Waals surface area contributed by atoms with Crippen LogP contribution in [0.4, 0.5) is 0 Å². The second-order valence-corrected chi connectivity index (χ2v) is 16.8. The molecule has 2 aromatic carbocycles. The van der Waals surface area contributed by atoms with E-state index in [1.807, 2.05) is 0 Å². The average Bonchev–Trinajstić information content (AvgIpc) is 3.18. The second kappa shape index (κ2) is 12.7. The first-order valence-corrected chi connectivity index (χ1v) is 18.0. The van der Waals surface area contributed by atoms with E-state index < -0.39 is 6.03 Å². The number of amidine groups is 1. The molecule has 2 aromatic rings. The fraction of sp³-hybridized carbons (Fsp3) is 0.625. The molecule has 0 radical (unpaired) electrons. The zero-order chi connectivity index (χ0) is 34.5. The van der Waals surface area contributed by atoms with Gasteiger partial charge in [0.05, 0.1) is 17.0 Å². The van der Waals surface area contributed by atoms with Crippen LogP contribution >= 0.6 is 0 Å². The smallest absolute Gasteiger partial charge is 0.361 e. The highest BCUT2D eigenvalue weighted by molar-refractivity contribution is 5.85. The van der Waals surface area contributed by atoms with Gasteiger partial charge in [0.15, 0.2) is 23.9 Å². The van der Waals surface area contributed by atoms with Crippen molar-refractivity contribution < 1.29 is 18.6 Å². The molecule has 3 aliphatic rings. The van der Waals surface area contributed by atoms with Gasteiger partial charge in [-0.15, -0.1) is 0 Å². The largest absolute Gasteiger partial charge is 0.704 e. The van der Waals surface area contributed by atoms with Crippen LogP contribution in [0.5, 0.6) is 11.5 Å². The number of benzene rings is 2. The molecule has 3 aliphatic heterocycles. The maximum Gasteiger partial charge on any atom is 0.704 e. The lowest BCUT2D eigenvalue weighted by Crippen LogP contribution is -2.61. The number of nitrogens with zero attached hydrogens (tertiary/aromatic N) is 3. The molecule has 7 heteroatoms. The molecule has 7 nitrogen and oxygen atoms in total. The molecule has 1 fully saturated rings. The van der Waals surface area contributed by atoms with Crippen LogP contribution in [-0.2, 0) is 23.7 Å². The van der Waals surface area contributed by atoms with Crippen molar-refractivity contribution in [2.45, 2.75) is 143 Å². The van der Waals surface area contributed by atoms with Crippen molar-refractivity contribution in [1.29, 1.82) is 5.41 Å². The molecule has 3 heterocycles. The first-order valence-electron chi connectivity index (χ1n) is 18.0. The van der Waals surface area contributed by atoms with Crippen LogP contribution in [0, 0.1) is 5.41 Å². The lowest BCUT2D eigenvalue weighted by molar-refractivity contribution is -0.867. The first kappa shape index (κ1) is 35.1. The van der Waals surface area contributed by atoms with E-state index in [4.69, 9.17) is 20.6 Å². The van der Waals surface area contributed by atoms with E-state index in [1.54, 1.807) is 0 Å². The van der Waals surface area contributed by atoms with Crippen LogP contribution < -0.4 is 15.2 Å². The molecular formula is C40H61N5O2+2. The summed E-state index contributed by atoms with van der Waals surface area (Å²) < 4.78 is 19.1. The fourth-order valence-electron chi connectivity index (χ4n) is 7.41. The summed E-state index contributed by atoms with van der Waals surface area (Å²) in [5.41, 5.74) is 12.8. The first-order chi connectivity index (χ1) is 21.9. The van der Waals surface area contributed by atoms with E-state index in [2.05, 4.69) is 127 Å². The molecule has 0 amide bonds. The molecule has 0 bridgehead atoms. The molecule has 0 aromatic heterocycles. The Balaban J connectivity index is 1.56. The number of fused-ring (bicyclic) bond motifs is 2. The lowest BCUT2D eigenvalue weighted by Gasteiger charge is -2.34. The topological polar surface area (TPSA) is 77.6 Å². The minimum absolute atomic E-state index is 0.115. The van der Waals surface area contributed by atoms with Gasteiger partial charge < -0.3 is 20.1 Å².